The summed E-state index contributed by atoms with van der Waals surface area (Å²) in [6, 6.07) is 9.96. The average Bonchev–Trinajstić information content (AvgIpc) is 3.17. The zero-order valence-electron chi connectivity index (χ0n) is 21.6. The number of carbonyl (C=O) groups excluding carboxylic acids is 2. The summed E-state index contributed by atoms with van der Waals surface area (Å²) in [6.07, 6.45) is 1.89. The Labute approximate surface area is 220 Å². The van der Waals surface area contributed by atoms with Crippen molar-refractivity contribution >= 4 is 22.9 Å². The van der Waals surface area contributed by atoms with Gasteiger partial charge in [0, 0.05) is 43.2 Å². The normalized spacial score (nSPS) is 30.6. The standard InChI is InChI=1S/C29H32O8.H2O/c1-15-7-8-23-24(33-15)11-19-10-18-9-17-5-3-4-6-22(17)26(28(18)37-29(32)36-27(19)23)25-13-20(34-16(2)31)12-21(14-30)35-25;/h3-6,9,15,20-21,23-25,30H,7-8,10-14H2,1-2H3;1H2/t15-,20?,21?,23?,24?,25?;/m0./s1. The molecule has 6 rings (SSSR count). The second-order valence-electron chi connectivity index (χ2n) is 10.6. The zero-order valence-corrected chi connectivity index (χ0v) is 21.6. The summed E-state index contributed by atoms with van der Waals surface area (Å²) >= 11 is 0. The molecule has 0 saturated carbocycles. The van der Waals surface area contributed by atoms with Gasteiger partial charge in [-0.25, -0.2) is 4.79 Å². The van der Waals surface area contributed by atoms with E-state index in [-0.39, 0.29) is 36.2 Å². The highest BCUT2D eigenvalue weighted by Crippen LogP contribution is 2.48. The Morgan fingerprint density at radius 3 is 2.74 bits per heavy atom. The van der Waals surface area contributed by atoms with Crippen molar-refractivity contribution in [3.05, 3.63) is 52.8 Å². The van der Waals surface area contributed by atoms with Crippen LogP contribution < -0.4 is 4.74 Å². The van der Waals surface area contributed by atoms with Crippen LogP contribution in [0, 0.1) is 5.92 Å². The summed E-state index contributed by atoms with van der Waals surface area (Å²) in [5.41, 5.74) is 2.66. The number of benzene rings is 2. The van der Waals surface area contributed by atoms with Crippen molar-refractivity contribution in [2.24, 2.45) is 5.92 Å². The van der Waals surface area contributed by atoms with E-state index in [0.29, 0.717) is 36.3 Å². The van der Waals surface area contributed by atoms with Gasteiger partial charge in [0.2, 0.25) is 0 Å². The molecule has 204 valence electrons. The molecule has 2 fully saturated rings. The Bertz CT molecular complexity index is 1270. The highest BCUT2D eigenvalue weighted by Gasteiger charge is 2.43. The van der Waals surface area contributed by atoms with E-state index in [1.807, 2.05) is 24.3 Å². The zero-order chi connectivity index (χ0) is 25.7. The smallest absolute Gasteiger partial charge is 0.462 e. The minimum Gasteiger partial charge on any atom is -0.462 e. The third-order valence-electron chi connectivity index (χ3n) is 7.99. The van der Waals surface area contributed by atoms with E-state index in [9.17, 15) is 14.7 Å². The van der Waals surface area contributed by atoms with Crippen LogP contribution in [0.25, 0.3) is 10.8 Å². The lowest BCUT2D eigenvalue weighted by Crippen LogP contribution is -2.36. The fourth-order valence-electron chi connectivity index (χ4n) is 6.48. The van der Waals surface area contributed by atoms with Crippen LogP contribution in [0.2, 0.25) is 0 Å². The largest absolute Gasteiger partial charge is 0.519 e. The molecule has 3 N–H and O–H groups in total. The van der Waals surface area contributed by atoms with Gasteiger partial charge in [0.25, 0.3) is 0 Å². The van der Waals surface area contributed by atoms with Crippen molar-refractivity contribution in [2.75, 3.05) is 6.61 Å². The van der Waals surface area contributed by atoms with E-state index in [2.05, 4.69) is 13.0 Å². The van der Waals surface area contributed by atoms with Crippen molar-refractivity contribution in [1.82, 2.24) is 0 Å². The van der Waals surface area contributed by atoms with E-state index in [1.54, 1.807) is 0 Å². The van der Waals surface area contributed by atoms with E-state index in [1.165, 1.54) is 6.92 Å². The van der Waals surface area contributed by atoms with Crippen LogP contribution in [0.4, 0.5) is 4.79 Å². The fourth-order valence-corrected chi connectivity index (χ4v) is 6.48. The van der Waals surface area contributed by atoms with Crippen LogP contribution in [0.15, 0.2) is 41.7 Å². The maximum absolute atomic E-state index is 13.1. The molecule has 3 aliphatic heterocycles. The summed E-state index contributed by atoms with van der Waals surface area (Å²) in [5, 5.41) is 11.8. The van der Waals surface area contributed by atoms with Gasteiger partial charge in [-0.15, -0.1) is 0 Å². The first-order valence-electron chi connectivity index (χ1n) is 13.1. The van der Waals surface area contributed by atoms with Gasteiger partial charge in [-0.05, 0) is 48.6 Å². The maximum Gasteiger partial charge on any atom is 0.519 e. The number of carbonyl (C=O) groups is 2. The number of fused-ring (bicyclic) bond motifs is 4. The van der Waals surface area contributed by atoms with Crippen LogP contribution >= 0.6 is 0 Å². The molecule has 1 aliphatic carbocycles. The minimum atomic E-state index is -0.768. The minimum absolute atomic E-state index is 0. The van der Waals surface area contributed by atoms with Crippen molar-refractivity contribution in [2.45, 2.75) is 82.9 Å². The van der Waals surface area contributed by atoms with Crippen molar-refractivity contribution in [3.8, 4) is 5.75 Å². The molecule has 9 nitrogen and oxygen atoms in total. The molecule has 3 heterocycles. The second-order valence-corrected chi connectivity index (χ2v) is 10.6. The summed E-state index contributed by atoms with van der Waals surface area (Å²) in [5.74, 6) is 0.807. The van der Waals surface area contributed by atoms with E-state index >= 15 is 0 Å². The number of ether oxygens (including phenoxy) is 5. The van der Waals surface area contributed by atoms with Crippen molar-refractivity contribution in [3.63, 3.8) is 0 Å². The quantitative estimate of drug-likeness (QED) is 0.468. The van der Waals surface area contributed by atoms with Gasteiger partial charge in [0.1, 0.15) is 17.6 Å². The number of aliphatic hydroxyl groups excluding tert-OH is 1. The Hall–Kier alpha value is -2.98. The van der Waals surface area contributed by atoms with Crippen molar-refractivity contribution in [1.29, 1.82) is 0 Å². The number of hydrogen-bond acceptors (Lipinski definition) is 8. The van der Waals surface area contributed by atoms with Gasteiger partial charge in [0.15, 0.2) is 0 Å². The molecule has 2 aromatic carbocycles. The first-order valence-corrected chi connectivity index (χ1v) is 13.1. The third-order valence-corrected chi connectivity index (χ3v) is 7.99. The highest BCUT2D eigenvalue weighted by atomic mass is 16.7. The first kappa shape index (κ1) is 26.6. The lowest BCUT2D eigenvalue weighted by atomic mass is 9.88. The lowest BCUT2D eigenvalue weighted by molar-refractivity contribution is -0.162. The Morgan fingerprint density at radius 1 is 1.13 bits per heavy atom. The molecule has 0 radical (unpaired) electrons. The summed E-state index contributed by atoms with van der Waals surface area (Å²) < 4.78 is 29.8. The average molecular weight is 527 g/mol. The van der Waals surface area contributed by atoms with Crippen LogP contribution in [0.5, 0.6) is 5.75 Å². The molecule has 5 unspecified atom stereocenters. The van der Waals surface area contributed by atoms with Crippen LogP contribution in [0.3, 0.4) is 0 Å². The molecule has 6 atom stereocenters. The van der Waals surface area contributed by atoms with E-state index < -0.39 is 24.5 Å². The van der Waals surface area contributed by atoms with Crippen LogP contribution in [-0.2, 0) is 30.2 Å². The van der Waals surface area contributed by atoms with Gasteiger partial charge in [-0.2, -0.15) is 0 Å². The number of rotatable bonds is 3. The SMILES string of the molecule is CC(=O)OC1CC(CO)OC(c2c3c(cc4ccccc24)CC2=C(OC(=O)O3)C3CC[C@H](C)OC3C2)C1.O. The Morgan fingerprint density at radius 2 is 1.95 bits per heavy atom. The maximum atomic E-state index is 13.1. The second kappa shape index (κ2) is 10.6. The molecule has 0 bridgehead atoms. The molecule has 2 saturated heterocycles. The molecular weight excluding hydrogens is 492 g/mol. The molecular formula is C29H34O9. The van der Waals surface area contributed by atoms with Gasteiger partial charge in [-0.1, -0.05) is 24.3 Å². The number of hydrogen-bond donors (Lipinski definition) is 1. The summed E-state index contributed by atoms with van der Waals surface area (Å²) in [4.78, 5) is 24.8. The highest BCUT2D eigenvalue weighted by molar-refractivity contribution is 5.90. The van der Waals surface area contributed by atoms with Crippen LogP contribution in [0.1, 0.15) is 63.2 Å². The third kappa shape index (κ3) is 4.91. The van der Waals surface area contributed by atoms with Crippen LogP contribution in [-0.4, -0.2) is 53.7 Å². The summed E-state index contributed by atoms with van der Waals surface area (Å²) in [7, 11) is 0. The summed E-state index contributed by atoms with van der Waals surface area (Å²) in [6.45, 7) is 3.25. The van der Waals surface area contributed by atoms with Gasteiger partial charge < -0.3 is 34.3 Å². The lowest BCUT2D eigenvalue weighted by Gasteiger charge is -2.36. The molecule has 0 aromatic heterocycles. The fraction of sp³-hybridized carbons (Fsp3) is 0.517. The van der Waals surface area contributed by atoms with Gasteiger partial charge in [0.05, 0.1) is 31.0 Å². The predicted molar refractivity (Wildman–Crippen MR) is 137 cm³/mol. The van der Waals surface area contributed by atoms with Gasteiger partial charge >= 0.3 is 12.1 Å². The van der Waals surface area contributed by atoms with E-state index in [0.717, 1.165) is 41.2 Å². The molecule has 0 spiro atoms. The molecule has 9 heteroatoms. The topological polar surface area (TPSA) is 132 Å². The van der Waals surface area contributed by atoms with Gasteiger partial charge in [-0.3, -0.25) is 4.79 Å². The molecule has 0 amide bonds. The Kier molecular flexibility index (Phi) is 7.46. The van der Waals surface area contributed by atoms with Crippen molar-refractivity contribution < 1.29 is 43.9 Å². The molecule has 2 aromatic rings. The predicted octanol–water partition coefficient (Wildman–Crippen LogP) is 4.07. The monoisotopic (exact) mass is 526 g/mol. The Balaban J connectivity index is 0.00000294. The first-order chi connectivity index (χ1) is 17.9. The molecule has 38 heavy (non-hydrogen) atoms. The number of esters is 1. The number of aliphatic hydroxyl groups is 1. The molecule has 4 aliphatic rings. The van der Waals surface area contributed by atoms with E-state index in [4.69, 9.17) is 23.7 Å².